The molecule has 1 aromatic heterocycles. The van der Waals surface area contributed by atoms with Crippen LogP contribution >= 0.6 is 23.2 Å². The molecule has 82 valence electrons. The van der Waals surface area contributed by atoms with Crippen LogP contribution in [-0.4, -0.2) is 10.1 Å². The summed E-state index contributed by atoms with van der Waals surface area (Å²) in [5.41, 5.74) is 1.90. The molecule has 2 rings (SSSR count). The Morgan fingerprint density at radius 1 is 1.12 bits per heavy atom. The molecule has 0 fully saturated rings. The first-order valence-electron chi connectivity index (χ1n) is 4.70. The number of rotatable bonds is 1. The molecule has 16 heavy (non-hydrogen) atoms. The van der Waals surface area contributed by atoms with E-state index in [1.807, 2.05) is 6.92 Å². The van der Waals surface area contributed by atoms with Crippen molar-refractivity contribution in [2.75, 3.05) is 0 Å². The molecule has 0 radical (unpaired) electrons. The Hall–Kier alpha value is -1.25. The van der Waals surface area contributed by atoms with Crippen molar-refractivity contribution in [1.82, 2.24) is 4.98 Å². The highest BCUT2D eigenvalue weighted by molar-refractivity contribution is 6.35. The number of hydrogen-bond acceptors (Lipinski definition) is 2. The largest absolute Gasteiger partial charge is 0.506 e. The van der Waals surface area contributed by atoms with Crippen molar-refractivity contribution < 1.29 is 5.11 Å². The number of halogens is 2. The van der Waals surface area contributed by atoms with Crippen LogP contribution in [0.3, 0.4) is 0 Å². The molecule has 2 nitrogen and oxygen atoms in total. The molecule has 4 heteroatoms. The highest BCUT2D eigenvalue weighted by Gasteiger charge is 2.10. The lowest BCUT2D eigenvalue weighted by atomic mass is 10.1. The third kappa shape index (κ3) is 2.13. The van der Waals surface area contributed by atoms with Crippen molar-refractivity contribution in [3.8, 4) is 17.0 Å². The summed E-state index contributed by atoms with van der Waals surface area (Å²) in [7, 11) is 0. The molecule has 0 bridgehead atoms. The van der Waals surface area contributed by atoms with Crippen LogP contribution in [0.25, 0.3) is 11.3 Å². The Morgan fingerprint density at radius 2 is 1.88 bits per heavy atom. The lowest BCUT2D eigenvalue weighted by Gasteiger charge is -2.07. The summed E-state index contributed by atoms with van der Waals surface area (Å²) in [6.45, 7) is 1.85. The quantitative estimate of drug-likeness (QED) is 0.832. The number of benzene rings is 1. The van der Waals surface area contributed by atoms with Gasteiger partial charge in [0.1, 0.15) is 11.4 Å². The molecule has 0 unspecified atom stereocenters. The standard InChI is InChI=1S/C12H9Cl2NO/c1-7-2-5-11(16)12(15-7)9-6-8(13)3-4-10(9)14/h2-6,16H,1H3. The Balaban J connectivity index is 2.66. The van der Waals surface area contributed by atoms with Gasteiger partial charge in [0.05, 0.1) is 5.02 Å². The van der Waals surface area contributed by atoms with Crippen molar-refractivity contribution in [2.24, 2.45) is 0 Å². The van der Waals surface area contributed by atoms with Gasteiger partial charge < -0.3 is 5.11 Å². The Labute approximate surface area is 103 Å². The minimum Gasteiger partial charge on any atom is -0.506 e. The Morgan fingerprint density at radius 3 is 2.62 bits per heavy atom. The van der Waals surface area contributed by atoms with Gasteiger partial charge >= 0.3 is 0 Å². The summed E-state index contributed by atoms with van der Waals surface area (Å²) in [5, 5.41) is 10.8. The summed E-state index contributed by atoms with van der Waals surface area (Å²) in [6.07, 6.45) is 0. The molecule has 0 aliphatic carbocycles. The maximum absolute atomic E-state index is 9.74. The van der Waals surface area contributed by atoms with E-state index in [0.717, 1.165) is 5.69 Å². The highest BCUT2D eigenvalue weighted by Crippen LogP contribution is 2.34. The fourth-order valence-electron chi connectivity index (χ4n) is 1.43. The van der Waals surface area contributed by atoms with Gasteiger partial charge in [-0.05, 0) is 37.3 Å². The van der Waals surface area contributed by atoms with E-state index in [9.17, 15) is 5.11 Å². The average molecular weight is 254 g/mol. The molecule has 0 aliphatic heterocycles. The molecule has 0 spiro atoms. The van der Waals surface area contributed by atoms with E-state index in [1.165, 1.54) is 0 Å². The van der Waals surface area contributed by atoms with Crippen LogP contribution in [0.15, 0.2) is 30.3 Å². The SMILES string of the molecule is Cc1ccc(O)c(-c2cc(Cl)ccc2Cl)n1. The van der Waals surface area contributed by atoms with Crippen LogP contribution in [0.5, 0.6) is 5.75 Å². The monoisotopic (exact) mass is 253 g/mol. The molecule has 0 aliphatic rings. The van der Waals surface area contributed by atoms with E-state index in [2.05, 4.69) is 4.98 Å². The minimum atomic E-state index is 0.0924. The lowest BCUT2D eigenvalue weighted by Crippen LogP contribution is -1.88. The third-order valence-corrected chi connectivity index (χ3v) is 2.76. The average Bonchev–Trinajstić information content (AvgIpc) is 2.25. The maximum atomic E-state index is 9.74. The van der Waals surface area contributed by atoms with E-state index in [4.69, 9.17) is 23.2 Å². The molecule has 0 saturated heterocycles. The predicted molar refractivity (Wildman–Crippen MR) is 66.1 cm³/mol. The fraction of sp³-hybridized carbons (Fsp3) is 0.0833. The second-order valence-corrected chi connectivity index (χ2v) is 4.29. The maximum Gasteiger partial charge on any atom is 0.141 e. The fourth-order valence-corrected chi connectivity index (χ4v) is 1.81. The van der Waals surface area contributed by atoms with Gasteiger partial charge in [0, 0.05) is 16.3 Å². The van der Waals surface area contributed by atoms with E-state index in [1.54, 1.807) is 30.3 Å². The van der Waals surface area contributed by atoms with Gasteiger partial charge in [-0.1, -0.05) is 23.2 Å². The smallest absolute Gasteiger partial charge is 0.141 e. The molecule has 0 atom stereocenters. The first-order chi connectivity index (χ1) is 7.58. The summed E-state index contributed by atoms with van der Waals surface area (Å²) in [4.78, 5) is 4.25. The third-order valence-electron chi connectivity index (χ3n) is 2.20. The van der Waals surface area contributed by atoms with E-state index in [0.29, 0.717) is 21.3 Å². The molecule has 0 amide bonds. The number of nitrogens with zero attached hydrogens (tertiary/aromatic N) is 1. The van der Waals surface area contributed by atoms with Crippen LogP contribution in [0, 0.1) is 6.92 Å². The lowest BCUT2D eigenvalue weighted by molar-refractivity contribution is 0.474. The van der Waals surface area contributed by atoms with Gasteiger partial charge in [0.2, 0.25) is 0 Å². The zero-order valence-electron chi connectivity index (χ0n) is 8.54. The van der Waals surface area contributed by atoms with Crippen molar-refractivity contribution in [3.05, 3.63) is 46.1 Å². The summed E-state index contributed by atoms with van der Waals surface area (Å²) < 4.78 is 0. The predicted octanol–water partition coefficient (Wildman–Crippen LogP) is 4.07. The second-order valence-electron chi connectivity index (χ2n) is 3.44. The zero-order valence-corrected chi connectivity index (χ0v) is 10.0. The molecule has 1 aromatic carbocycles. The molecule has 0 saturated carbocycles. The zero-order chi connectivity index (χ0) is 11.7. The van der Waals surface area contributed by atoms with Crippen molar-refractivity contribution in [1.29, 1.82) is 0 Å². The normalized spacial score (nSPS) is 10.4. The first-order valence-corrected chi connectivity index (χ1v) is 5.45. The van der Waals surface area contributed by atoms with Gasteiger partial charge in [0.25, 0.3) is 0 Å². The van der Waals surface area contributed by atoms with Crippen LogP contribution in [0.1, 0.15) is 5.69 Å². The van der Waals surface area contributed by atoms with Gasteiger partial charge in [-0.3, -0.25) is 0 Å². The summed E-state index contributed by atoms with van der Waals surface area (Å²) >= 11 is 11.9. The van der Waals surface area contributed by atoms with Gasteiger partial charge in [-0.25, -0.2) is 4.98 Å². The minimum absolute atomic E-state index is 0.0924. The van der Waals surface area contributed by atoms with Crippen LogP contribution in [0.4, 0.5) is 0 Å². The molecular weight excluding hydrogens is 245 g/mol. The van der Waals surface area contributed by atoms with E-state index in [-0.39, 0.29) is 5.75 Å². The van der Waals surface area contributed by atoms with Crippen LogP contribution in [0.2, 0.25) is 10.0 Å². The highest BCUT2D eigenvalue weighted by atomic mass is 35.5. The van der Waals surface area contributed by atoms with Gasteiger partial charge in [-0.2, -0.15) is 0 Å². The number of hydrogen-bond donors (Lipinski definition) is 1. The molecule has 2 aromatic rings. The molecule has 1 heterocycles. The topological polar surface area (TPSA) is 33.1 Å². The Kier molecular flexibility index (Phi) is 3.03. The molecule has 1 N–H and O–H groups in total. The number of pyridine rings is 1. The van der Waals surface area contributed by atoms with E-state index < -0.39 is 0 Å². The summed E-state index contributed by atoms with van der Waals surface area (Å²) in [5.74, 6) is 0.0924. The Bertz CT molecular complexity index is 491. The number of aryl methyl sites for hydroxylation is 1. The second kappa shape index (κ2) is 4.32. The van der Waals surface area contributed by atoms with Crippen molar-refractivity contribution >= 4 is 23.2 Å². The summed E-state index contributed by atoms with van der Waals surface area (Å²) in [6, 6.07) is 8.39. The number of aromatic hydroxyl groups is 1. The van der Waals surface area contributed by atoms with Gasteiger partial charge in [-0.15, -0.1) is 0 Å². The van der Waals surface area contributed by atoms with E-state index >= 15 is 0 Å². The van der Waals surface area contributed by atoms with Crippen LogP contribution in [-0.2, 0) is 0 Å². The first kappa shape index (κ1) is 11.2. The van der Waals surface area contributed by atoms with Crippen LogP contribution < -0.4 is 0 Å². The number of aromatic nitrogens is 1. The van der Waals surface area contributed by atoms with Gasteiger partial charge in [0.15, 0.2) is 0 Å². The molecular formula is C12H9Cl2NO. The van der Waals surface area contributed by atoms with Crippen molar-refractivity contribution in [2.45, 2.75) is 6.92 Å². The van der Waals surface area contributed by atoms with Crippen molar-refractivity contribution in [3.63, 3.8) is 0 Å².